The van der Waals surface area contributed by atoms with Crippen molar-refractivity contribution in [1.29, 1.82) is 0 Å². The minimum Gasteiger partial charge on any atom is -0.390 e. The number of hydrogen-bond acceptors (Lipinski definition) is 4. The molecule has 1 rings (SSSR count). The maximum atomic E-state index is 11.7. The number of aliphatic hydroxyl groups is 1. The molecule has 1 heterocycles. The summed E-state index contributed by atoms with van der Waals surface area (Å²) in [6.45, 7) is 5.66. The van der Waals surface area contributed by atoms with Crippen molar-refractivity contribution in [3.63, 3.8) is 0 Å². The number of thioether (sulfide) groups is 1. The van der Waals surface area contributed by atoms with Gasteiger partial charge in [0.05, 0.1) is 23.7 Å². The van der Waals surface area contributed by atoms with E-state index in [1.165, 1.54) is 11.8 Å². The van der Waals surface area contributed by atoms with Crippen LogP contribution in [0.5, 0.6) is 0 Å². The average molecular weight is 257 g/mol. The van der Waals surface area contributed by atoms with E-state index in [9.17, 15) is 4.79 Å². The number of aromatic nitrogens is 2. The van der Waals surface area contributed by atoms with Crippen LogP contribution >= 0.6 is 11.8 Å². The van der Waals surface area contributed by atoms with Crippen molar-refractivity contribution in [2.45, 2.75) is 43.8 Å². The van der Waals surface area contributed by atoms with E-state index in [-0.39, 0.29) is 23.8 Å². The van der Waals surface area contributed by atoms with Gasteiger partial charge in [0.1, 0.15) is 0 Å². The molecule has 6 heteroatoms. The quantitative estimate of drug-likeness (QED) is 0.770. The SMILES string of the molecule is CC(C)NC(=O)C(C)Sc1ncc(CO)n1C. The van der Waals surface area contributed by atoms with Crippen LogP contribution in [-0.4, -0.2) is 31.9 Å². The third-order valence-corrected chi connectivity index (χ3v) is 3.44. The van der Waals surface area contributed by atoms with Gasteiger partial charge in [-0.2, -0.15) is 0 Å². The largest absolute Gasteiger partial charge is 0.390 e. The van der Waals surface area contributed by atoms with Gasteiger partial charge >= 0.3 is 0 Å². The first-order valence-corrected chi connectivity index (χ1v) is 6.42. The van der Waals surface area contributed by atoms with Crippen LogP contribution in [-0.2, 0) is 18.4 Å². The highest BCUT2D eigenvalue weighted by Crippen LogP contribution is 2.22. The van der Waals surface area contributed by atoms with Gasteiger partial charge in [-0.25, -0.2) is 4.98 Å². The van der Waals surface area contributed by atoms with Crippen molar-refractivity contribution in [3.8, 4) is 0 Å². The van der Waals surface area contributed by atoms with E-state index in [0.29, 0.717) is 0 Å². The molecule has 1 atom stereocenters. The lowest BCUT2D eigenvalue weighted by atomic mass is 10.3. The Kier molecular flexibility index (Phi) is 5.02. The van der Waals surface area contributed by atoms with Crippen LogP contribution in [0.25, 0.3) is 0 Å². The van der Waals surface area contributed by atoms with Gasteiger partial charge in [0, 0.05) is 13.1 Å². The number of nitrogens with one attached hydrogen (secondary N) is 1. The fourth-order valence-electron chi connectivity index (χ4n) is 1.30. The average Bonchev–Trinajstić information content (AvgIpc) is 2.59. The molecule has 1 unspecified atom stereocenters. The lowest BCUT2D eigenvalue weighted by Gasteiger charge is -2.14. The van der Waals surface area contributed by atoms with Crippen LogP contribution in [0.4, 0.5) is 0 Å². The Morgan fingerprint density at radius 2 is 2.24 bits per heavy atom. The second kappa shape index (κ2) is 6.07. The lowest BCUT2D eigenvalue weighted by molar-refractivity contribution is -0.120. The van der Waals surface area contributed by atoms with Gasteiger partial charge in [-0.1, -0.05) is 11.8 Å². The summed E-state index contributed by atoms with van der Waals surface area (Å²) in [4.78, 5) is 15.9. The van der Waals surface area contributed by atoms with Crippen LogP contribution in [0.3, 0.4) is 0 Å². The van der Waals surface area contributed by atoms with Gasteiger partial charge in [0.25, 0.3) is 0 Å². The Labute approximate surface area is 106 Å². The van der Waals surface area contributed by atoms with Gasteiger partial charge in [-0.3, -0.25) is 4.79 Å². The van der Waals surface area contributed by atoms with Gasteiger partial charge in [-0.05, 0) is 20.8 Å². The Bertz CT molecular complexity index is 390. The van der Waals surface area contributed by atoms with E-state index < -0.39 is 0 Å². The fraction of sp³-hybridized carbons (Fsp3) is 0.636. The Balaban J connectivity index is 2.64. The van der Waals surface area contributed by atoms with Crippen molar-refractivity contribution in [2.24, 2.45) is 7.05 Å². The molecule has 0 aliphatic heterocycles. The molecule has 0 saturated heterocycles. The zero-order valence-electron chi connectivity index (χ0n) is 10.6. The molecule has 0 fully saturated rings. The van der Waals surface area contributed by atoms with Crippen LogP contribution in [0.2, 0.25) is 0 Å². The van der Waals surface area contributed by atoms with E-state index in [0.717, 1.165) is 10.9 Å². The van der Waals surface area contributed by atoms with Crippen molar-refractivity contribution in [2.75, 3.05) is 0 Å². The predicted octanol–water partition coefficient (Wildman–Crippen LogP) is 0.918. The molecule has 96 valence electrons. The Morgan fingerprint density at radius 1 is 1.59 bits per heavy atom. The highest BCUT2D eigenvalue weighted by Gasteiger charge is 2.18. The van der Waals surface area contributed by atoms with Crippen LogP contribution in [0.1, 0.15) is 26.5 Å². The molecule has 0 aromatic carbocycles. The summed E-state index contributed by atoms with van der Waals surface area (Å²) in [5, 5.41) is 12.4. The molecule has 0 bridgehead atoms. The highest BCUT2D eigenvalue weighted by molar-refractivity contribution is 8.00. The number of nitrogens with zero attached hydrogens (tertiary/aromatic N) is 2. The molecule has 1 amide bonds. The first-order valence-electron chi connectivity index (χ1n) is 5.54. The topological polar surface area (TPSA) is 67.2 Å². The molecular weight excluding hydrogens is 238 g/mol. The third-order valence-electron chi connectivity index (χ3n) is 2.29. The maximum Gasteiger partial charge on any atom is 0.233 e. The van der Waals surface area contributed by atoms with E-state index in [1.54, 1.807) is 10.8 Å². The number of imidazole rings is 1. The molecule has 1 aromatic rings. The number of hydrogen-bond donors (Lipinski definition) is 2. The molecule has 0 spiro atoms. The van der Waals surface area contributed by atoms with E-state index in [4.69, 9.17) is 5.11 Å². The molecule has 2 N–H and O–H groups in total. The molecule has 0 aliphatic rings. The van der Waals surface area contributed by atoms with E-state index in [2.05, 4.69) is 10.3 Å². The second-order valence-electron chi connectivity index (χ2n) is 4.17. The number of amides is 1. The standard InChI is InChI=1S/C11H19N3O2S/c1-7(2)13-10(16)8(3)17-11-12-5-9(6-15)14(11)4/h5,7-8,15H,6H2,1-4H3,(H,13,16). The summed E-state index contributed by atoms with van der Waals surface area (Å²) in [6.07, 6.45) is 1.62. The first-order chi connectivity index (χ1) is 7.95. The second-order valence-corrected chi connectivity index (χ2v) is 5.48. The zero-order chi connectivity index (χ0) is 13.0. The van der Waals surface area contributed by atoms with Crippen LogP contribution < -0.4 is 5.32 Å². The van der Waals surface area contributed by atoms with Gasteiger partial charge < -0.3 is 15.0 Å². The summed E-state index contributed by atoms with van der Waals surface area (Å²) >= 11 is 1.39. The Morgan fingerprint density at radius 3 is 2.71 bits per heavy atom. The van der Waals surface area contributed by atoms with E-state index in [1.807, 2.05) is 27.8 Å². The normalized spacial score (nSPS) is 12.8. The number of carbonyl (C=O) groups is 1. The number of rotatable bonds is 5. The van der Waals surface area contributed by atoms with Gasteiger partial charge in [0.2, 0.25) is 5.91 Å². The molecular formula is C11H19N3O2S. The highest BCUT2D eigenvalue weighted by atomic mass is 32.2. The summed E-state index contributed by atoms with van der Waals surface area (Å²) in [6, 6.07) is 0.139. The first kappa shape index (κ1) is 14.1. The smallest absolute Gasteiger partial charge is 0.233 e. The summed E-state index contributed by atoms with van der Waals surface area (Å²) in [7, 11) is 1.83. The van der Waals surface area contributed by atoms with Crippen LogP contribution in [0, 0.1) is 0 Å². The predicted molar refractivity (Wildman–Crippen MR) is 67.7 cm³/mol. The zero-order valence-corrected chi connectivity index (χ0v) is 11.4. The maximum absolute atomic E-state index is 11.7. The van der Waals surface area contributed by atoms with Gasteiger partial charge in [0.15, 0.2) is 5.16 Å². The van der Waals surface area contributed by atoms with Crippen LogP contribution in [0.15, 0.2) is 11.4 Å². The van der Waals surface area contributed by atoms with Crippen molar-refractivity contribution >= 4 is 17.7 Å². The lowest BCUT2D eigenvalue weighted by Crippen LogP contribution is -2.36. The minimum atomic E-state index is -0.204. The minimum absolute atomic E-state index is 0.00134. The van der Waals surface area contributed by atoms with Crippen molar-refractivity contribution < 1.29 is 9.90 Å². The molecule has 1 aromatic heterocycles. The molecule has 5 nitrogen and oxygen atoms in total. The summed E-state index contributed by atoms with van der Waals surface area (Å²) in [5.41, 5.74) is 0.740. The summed E-state index contributed by atoms with van der Waals surface area (Å²) < 4.78 is 1.80. The number of aliphatic hydroxyl groups excluding tert-OH is 1. The van der Waals surface area contributed by atoms with Gasteiger partial charge in [-0.15, -0.1) is 0 Å². The van der Waals surface area contributed by atoms with Crippen molar-refractivity contribution in [3.05, 3.63) is 11.9 Å². The monoisotopic (exact) mass is 257 g/mol. The molecule has 0 saturated carbocycles. The Hall–Kier alpha value is -1.01. The third kappa shape index (κ3) is 3.74. The fourth-order valence-corrected chi connectivity index (χ4v) is 2.18. The summed E-state index contributed by atoms with van der Waals surface area (Å²) in [5.74, 6) is -0.00134. The number of carbonyl (C=O) groups excluding carboxylic acids is 1. The molecule has 17 heavy (non-hydrogen) atoms. The van der Waals surface area contributed by atoms with E-state index >= 15 is 0 Å². The molecule has 0 radical (unpaired) electrons. The molecule has 0 aliphatic carbocycles. The van der Waals surface area contributed by atoms with Crippen molar-refractivity contribution in [1.82, 2.24) is 14.9 Å².